The molecule has 0 heterocycles. The lowest BCUT2D eigenvalue weighted by atomic mass is 10.0. The van der Waals surface area contributed by atoms with Crippen molar-refractivity contribution in [1.82, 2.24) is 0 Å². The van der Waals surface area contributed by atoms with E-state index < -0.39 is 0 Å². The molecule has 0 aliphatic rings. The summed E-state index contributed by atoms with van der Waals surface area (Å²) in [6, 6.07) is 14.0. The second-order valence-electron chi connectivity index (χ2n) is 3.58. The van der Waals surface area contributed by atoms with E-state index in [0.717, 1.165) is 23.0 Å². The van der Waals surface area contributed by atoms with Crippen molar-refractivity contribution in [3.05, 3.63) is 59.9 Å². The molecule has 80 valence electrons. The van der Waals surface area contributed by atoms with Crippen LogP contribution >= 0.6 is 0 Å². The van der Waals surface area contributed by atoms with E-state index in [9.17, 15) is 9.18 Å². The molecule has 0 atom stereocenters. The van der Waals surface area contributed by atoms with E-state index in [1.165, 1.54) is 12.1 Å². The van der Waals surface area contributed by atoms with Gasteiger partial charge in [0.15, 0.2) is 0 Å². The molecule has 1 nitrogen and oxygen atoms in total. The number of carbonyl (C=O) groups excluding carboxylic acids is 1. The van der Waals surface area contributed by atoms with E-state index in [0.29, 0.717) is 6.42 Å². The van der Waals surface area contributed by atoms with Gasteiger partial charge in [0.1, 0.15) is 12.1 Å². The van der Waals surface area contributed by atoms with Crippen molar-refractivity contribution in [1.29, 1.82) is 0 Å². The predicted molar refractivity (Wildman–Crippen MR) is 61.6 cm³/mol. The first-order chi connectivity index (χ1) is 7.79. The van der Waals surface area contributed by atoms with Gasteiger partial charge >= 0.3 is 0 Å². The maximum absolute atomic E-state index is 12.8. The topological polar surface area (TPSA) is 17.1 Å². The molecule has 0 unspecified atom stereocenters. The second kappa shape index (κ2) is 4.71. The zero-order valence-electron chi connectivity index (χ0n) is 8.69. The Labute approximate surface area is 93.5 Å². The number of benzene rings is 2. The highest BCUT2D eigenvalue weighted by Crippen LogP contribution is 2.20. The molecule has 2 rings (SSSR count). The molecule has 0 aliphatic carbocycles. The first-order valence-electron chi connectivity index (χ1n) is 5.08. The van der Waals surface area contributed by atoms with Crippen molar-refractivity contribution in [3.63, 3.8) is 0 Å². The fraction of sp³-hybridized carbons (Fsp3) is 0.0714. The van der Waals surface area contributed by atoms with E-state index in [1.807, 2.05) is 24.3 Å². The normalized spacial score (nSPS) is 10.1. The molecule has 0 radical (unpaired) electrons. The smallest absolute Gasteiger partial charge is 0.124 e. The van der Waals surface area contributed by atoms with Crippen LogP contribution in [0.3, 0.4) is 0 Å². The molecule has 2 aromatic rings. The van der Waals surface area contributed by atoms with Crippen molar-refractivity contribution < 1.29 is 9.18 Å². The number of hydrogen-bond donors (Lipinski definition) is 0. The van der Waals surface area contributed by atoms with Gasteiger partial charge in [-0.25, -0.2) is 4.39 Å². The molecule has 0 N–H and O–H groups in total. The molecule has 2 heteroatoms. The summed E-state index contributed by atoms with van der Waals surface area (Å²) in [4.78, 5) is 10.4. The average molecular weight is 214 g/mol. The molecule has 0 aliphatic heterocycles. The summed E-state index contributed by atoms with van der Waals surface area (Å²) in [6.45, 7) is 0. The van der Waals surface area contributed by atoms with Gasteiger partial charge < -0.3 is 4.79 Å². The average Bonchev–Trinajstić information content (AvgIpc) is 2.31. The quantitative estimate of drug-likeness (QED) is 0.717. The Kier molecular flexibility index (Phi) is 3.10. The fourth-order valence-corrected chi connectivity index (χ4v) is 1.62. The standard InChI is InChI=1S/C14H11FO/c15-14-6-4-12(5-7-14)13-3-1-2-11(10-13)8-9-16/h1-7,9-10H,8H2. The fourth-order valence-electron chi connectivity index (χ4n) is 1.62. The highest BCUT2D eigenvalue weighted by atomic mass is 19.1. The minimum atomic E-state index is -0.243. The van der Waals surface area contributed by atoms with Crippen LogP contribution in [-0.2, 0) is 11.2 Å². The van der Waals surface area contributed by atoms with Gasteiger partial charge in [-0.3, -0.25) is 0 Å². The zero-order valence-corrected chi connectivity index (χ0v) is 8.69. The summed E-state index contributed by atoms with van der Waals surface area (Å²) in [5.41, 5.74) is 2.92. The Morgan fingerprint density at radius 1 is 1.00 bits per heavy atom. The van der Waals surface area contributed by atoms with Crippen LogP contribution in [0.4, 0.5) is 4.39 Å². The summed E-state index contributed by atoms with van der Waals surface area (Å²) in [7, 11) is 0. The molecule has 16 heavy (non-hydrogen) atoms. The molecule has 0 spiro atoms. The van der Waals surface area contributed by atoms with Gasteiger partial charge in [-0.15, -0.1) is 0 Å². The van der Waals surface area contributed by atoms with E-state index >= 15 is 0 Å². The number of carbonyl (C=O) groups is 1. The van der Waals surface area contributed by atoms with Gasteiger partial charge in [-0.05, 0) is 28.8 Å². The SMILES string of the molecule is O=CCc1cccc(-c2ccc(F)cc2)c1. The number of rotatable bonds is 3. The summed E-state index contributed by atoms with van der Waals surface area (Å²) >= 11 is 0. The molecule has 0 amide bonds. The molecular weight excluding hydrogens is 203 g/mol. The van der Waals surface area contributed by atoms with Crippen molar-refractivity contribution >= 4 is 6.29 Å². The van der Waals surface area contributed by atoms with E-state index in [2.05, 4.69) is 0 Å². The van der Waals surface area contributed by atoms with E-state index in [4.69, 9.17) is 0 Å². The van der Waals surface area contributed by atoms with Gasteiger partial charge in [-0.2, -0.15) is 0 Å². The van der Waals surface area contributed by atoms with E-state index in [1.54, 1.807) is 12.1 Å². The summed E-state index contributed by atoms with van der Waals surface area (Å²) in [5, 5.41) is 0. The largest absolute Gasteiger partial charge is 0.303 e. The van der Waals surface area contributed by atoms with Crippen LogP contribution in [0.15, 0.2) is 48.5 Å². The van der Waals surface area contributed by atoms with Gasteiger partial charge in [-0.1, -0.05) is 36.4 Å². The molecule has 0 saturated heterocycles. The Bertz CT molecular complexity index is 488. The van der Waals surface area contributed by atoms with Gasteiger partial charge in [0.2, 0.25) is 0 Å². The van der Waals surface area contributed by atoms with Gasteiger partial charge in [0, 0.05) is 6.42 Å². The lowest BCUT2D eigenvalue weighted by Gasteiger charge is -2.03. The highest BCUT2D eigenvalue weighted by molar-refractivity contribution is 5.65. The van der Waals surface area contributed by atoms with Crippen LogP contribution in [-0.4, -0.2) is 6.29 Å². The summed E-state index contributed by atoms with van der Waals surface area (Å²) in [5.74, 6) is -0.243. The molecule has 0 saturated carbocycles. The third-order valence-corrected chi connectivity index (χ3v) is 2.42. The lowest BCUT2D eigenvalue weighted by molar-refractivity contribution is -0.107. The first-order valence-corrected chi connectivity index (χ1v) is 5.08. The Hall–Kier alpha value is -1.96. The lowest BCUT2D eigenvalue weighted by Crippen LogP contribution is -1.86. The van der Waals surface area contributed by atoms with Crippen LogP contribution in [0, 0.1) is 5.82 Å². The van der Waals surface area contributed by atoms with Crippen LogP contribution in [0.5, 0.6) is 0 Å². The monoisotopic (exact) mass is 214 g/mol. The van der Waals surface area contributed by atoms with Crippen molar-refractivity contribution in [2.24, 2.45) is 0 Å². The first kappa shape index (κ1) is 10.6. The molecule has 0 aromatic heterocycles. The minimum Gasteiger partial charge on any atom is -0.303 e. The predicted octanol–water partition coefficient (Wildman–Crippen LogP) is 3.23. The maximum Gasteiger partial charge on any atom is 0.124 e. The summed E-state index contributed by atoms with van der Waals surface area (Å²) in [6.07, 6.45) is 1.29. The van der Waals surface area contributed by atoms with Gasteiger partial charge in [0.25, 0.3) is 0 Å². The Balaban J connectivity index is 2.36. The van der Waals surface area contributed by atoms with E-state index in [-0.39, 0.29) is 5.82 Å². The second-order valence-corrected chi connectivity index (χ2v) is 3.58. The molecule has 0 bridgehead atoms. The number of aldehydes is 1. The Morgan fingerprint density at radius 2 is 1.75 bits per heavy atom. The minimum absolute atomic E-state index is 0.243. The zero-order chi connectivity index (χ0) is 11.4. The molecule has 0 fully saturated rings. The Morgan fingerprint density at radius 3 is 2.44 bits per heavy atom. The van der Waals surface area contributed by atoms with Crippen LogP contribution < -0.4 is 0 Å². The van der Waals surface area contributed by atoms with Crippen LogP contribution in [0.2, 0.25) is 0 Å². The molecular formula is C14H11FO. The van der Waals surface area contributed by atoms with Crippen molar-refractivity contribution in [3.8, 4) is 11.1 Å². The highest BCUT2D eigenvalue weighted by Gasteiger charge is 1.99. The third kappa shape index (κ3) is 2.34. The van der Waals surface area contributed by atoms with Crippen molar-refractivity contribution in [2.45, 2.75) is 6.42 Å². The number of halogens is 1. The van der Waals surface area contributed by atoms with Gasteiger partial charge in [0.05, 0.1) is 0 Å². The number of hydrogen-bond acceptors (Lipinski definition) is 1. The molecule has 2 aromatic carbocycles. The van der Waals surface area contributed by atoms with Crippen molar-refractivity contribution in [2.75, 3.05) is 0 Å². The van der Waals surface area contributed by atoms with Crippen LogP contribution in [0.25, 0.3) is 11.1 Å². The van der Waals surface area contributed by atoms with Crippen LogP contribution in [0.1, 0.15) is 5.56 Å². The third-order valence-electron chi connectivity index (χ3n) is 2.42. The summed E-state index contributed by atoms with van der Waals surface area (Å²) < 4.78 is 12.8. The maximum atomic E-state index is 12.8.